The number of hydrogen-bond acceptors (Lipinski definition) is 2. The van der Waals surface area contributed by atoms with Gasteiger partial charge in [0.05, 0.1) is 0 Å². The van der Waals surface area contributed by atoms with Crippen LogP contribution in [0.5, 0.6) is 0 Å². The molecule has 1 unspecified atom stereocenters. The Bertz CT molecular complexity index is 393. The number of carboxylic acids is 1. The van der Waals surface area contributed by atoms with Crippen LogP contribution < -0.4 is 11.0 Å². The zero-order valence-corrected chi connectivity index (χ0v) is 7.80. The fraction of sp³-hybridized carbons (Fsp3) is 0. The van der Waals surface area contributed by atoms with E-state index in [4.69, 9.17) is 10.8 Å². The first-order valence-electron chi connectivity index (χ1n) is 3.32. The van der Waals surface area contributed by atoms with Crippen molar-refractivity contribution >= 4 is 26.2 Å². The van der Waals surface area contributed by atoms with E-state index in [1.54, 1.807) is 9.24 Å². The van der Waals surface area contributed by atoms with Gasteiger partial charge in [0.2, 0.25) is 0 Å². The first-order valence-corrected chi connectivity index (χ1v) is 3.90. The first kappa shape index (κ1) is 10.8. The molecule has 1 atom stereocenters. The summed E-state index contributed by atoms with van der Waals surface area (Å²) in [5, 5.41) is 7.86. The van der Waals surface area contributed by atoms with Gasteiger partial charge in [-0.2, -0.15) is 0 Å². The van der Waals surface area contributed by atoms with Crippen molar-refractivity contribution in [1.82, 2.24) is 0 Å². The lowest BCUT2D eigenvalue weighted by Crippen LogP contribution is -2.19. The third-order valence-electron chi connectivity index (χ3n) is 1.60. The van der Waals surface area contributed by atoms with Gasteiger partial charge in [-0.1, -0.05) is 0 Å². The van der Waals surface area contributed by atoms with Crippen LogP contribution >= 0.6 is 9.24 Å². The minimum absolute atomic E-state index is 0.603. The molecule has 0 aromatic heterocycles. The number of carbonyl (C=O) groups is 1. The monoisotopic (exact) mass is 223 g/mol. The van der Waals surface area contributed by atoms with Gasteiger partial charge < -0.3 is 10.8 Å². The number of benzene rings is 1. The molecule has 76 valence electrons. The molecule has 7 heteroatoms. The highest BCUT2D eigenvalue weighted by molar-refractivity contribution is 7.27. The van der Waals surface area contributed by atoms with Crippen LogP contribution in [0.4, 0.5) is 18.9 Å². The standard InChI is InChI=1S/C7H5F3NO2P/c8-2-1(7(12)13)6(14)4(10)5(11)3(2)9/h11,14H2,(H,12,13). The zero-order chi connectivity index (χ0) is 11.0. The molecular formula is C7H5F3NO2P. The Morgan fingerprint density at radius 3 is 2.14 bits per heavy atom. The zero-order valence-electron chi connectivity index (χ0n) is 6.64. The molecule has 0 bridgehead atoms. The largest absolute Gasteiger partial charge is 0.478 e. The Morgan fingerprint density at radius 1 is 1.21 bits per heavy atom. The molecule has 0 amide bonds. The second kappa shape index (κ2) is 3.46. The quantitative estimate of drug-likeness (QED) is 0.422. The third kappa shape index (κ3) is 1.42. The van der Waals surface area contributed by atoms with Gasteiger partial charge in [-0.25, -0.2) is 18.0 Å². The summed E-state index contributed by atoms with van der Waals surface area (Å²) in [5.41, 5.74) is 2.76. The van der Waals surface area contributed by atoms with Gasteiger partial charge >= 0.3 is 5.97 Å². The maximum atomic E-state index is 13.0. The summed E-state index contributed by atoms with van der Waals surface area (Å²) < 4.78 is 38.7. The number of anilines is 1. The van der Waals surface area contributed by atoms with Crippen LogP contribution in [0, 0.1) is 17.5 Å². The predicted molar refractivity (Wildman–Crippen MR) is 47.0 cm³/mol. The average molecular weight is 223 g/mol. The molecule has 0 radical (unpaired) electrons. The van der Waals surface area contributed by atoms with Crippen molar-refractivity contribution in [3.63, 3.8) is 0 Å². The second-order valence-electron chi connectivity index (χ2n) is 2.45. The highest BCUT2D eigenvalue weighted by Gasteiger charge is 2.25. The fourth-order valence-electron chi connectivity index (χ4n) is 0.906. The number of hydrogen-bond donors (Lipinski definition) is 2. The number of rotatable bonds is 1. The van der Waals surface area contributed by atoms with Gasteiger partial charge in [-0.3, -0.25) is 0 Å². The molecule has 0 aliphatic carbocycles. The third-order valence-corrected chi connectivity index (χ3v) is 2.15. The van der Waals surface area contributed by atoms with Crippen LogP contribution in [0.1, 0.15) is 10.4 Å². The summed E-state index contributed by atoms with van der Waals surface area (Å²) in [6.07, 6.45) is 0. The average Bonchev–Trinajstić information content (AvgIpc) is 2.11. The van der Waals surface area contributed by atoms with E-state index in [9.17, 15) is 18.0 Å². The molecule has 1 aromatic rings. The van der Waals surface area contributed by atoms with Gasteiger partial charge in [0, 0.05) is 5.30 Å². The molecule has 3 N–H and O–H groups in total. The summed E-state index contributed by atoms with van der Waals surface area (Å²) in [6, 6.07) is 0. The Morgan fingerprint density at radius 2 is 1.71 bits per heavy atom. The molecule has 0 heterocycles. The number of aromatic carboxylic acids is 1. The van der Waals surface area contributed by atoms with Crippen molar-refractivity contribution in [2.24, 2.45) is 0 Å². The van der Waals surface area contributed by atoms with Crippen LogP contribution in [0.2, 0.25) is 0 Å². The lowest BCUT2D eigenvalue weighted by Gasteiger charge is -2.07. The van der Waals surface area contributed by atoms with Crippen molar-refractivity contribution in [1.29, 1.82) is 0 Å². The van der Waals surface area contributed by atoms with Crippen molar-refractivity contribution in [3.05, 3.63) is 23.0 Å². The summed E-state index contributed by atoms with van der Waals surface area (Å²) in [6.45, 7) is 0. The van der Waals surface area contributed by atoms with Gasteiger partial charge in [0.25, 0.3) is 0 Å². The smallest absolute Gasteiger partial charge is 0.339 e. The van der Waals surface area contributed by atoms with Crippen molar-refractivity contribution < 1.29 is 23.1 Å². The number of carboxylic acid groups (broad SMARTS) is 1. The maximum Gasteiger partial charge on any atom is 0.339 e. The summed E-state index contributed by atoms with van der Waals surface area (Å²) in [4.78, 5) is 10.4. The maximum absolute atomic E-state index is 13.0. The lowest BCUT2D eigenvalue weighted by atomic mass is 10.1. The SMILES string of the molecule is Nc1c(F)c(F)c(C(=O)O)c(P)c1F. The van der Waals surface area contributed by atoms with Gasteiger partial charge in [-0.15, -0.1) is 9.24 Å². The Kier molecular flexibility index (Phi) is 2.66. The molecule has 0 fully saturated rings. The van der Waals surface area contributed by atoms with E-state index in [1.165, 1.54) is 0 Å². The Balaban J connectivity index is 3.68. The molecule has 0 aliphatic heterocycles. The Labute approximate surface area is 78.9 Å². The Hall–Kier alpha value is -1.29. The van der Waals surface area contributed by atoms with Gasteiger partial charge in [-0.05, 0) is 0 Å². The topological polar surface area (TPSA) is 63.3 Å². The first-order chi connectivity index (χ1) is 6.37. The molecule has 1 rings (SSSR count). The van der Waals surface area contributed by atoms with Crippen molar-refractivity contribution in [2.45, 2.75) is 0 Å². The number of halogens is 3. The summed E-state index contributed by atoms with van der Waals surface area (Å²) >= 11 is 0. The summed E-state index contributed by atoms with van der Waals surface area (Å²) in [5.74, 6) is -6.40. The van der Waals surface area contributed by atoms with Crippen LogP contribution in [0.25, 0.3) is 0 Å². The second-order valence-corrected chi connectivity index (χ2v) is 3.03. The lowest BCUT2D eigenvalue weighted by molar-refractivity contribution is 0.0692. The van der Waals surface area contributed by atoms with E-state index in [0.717, 1.165) is 0 Å². The molecule has 0 saturated heterocycles. The fourth-order valence-corrected chi connectivity index (χ4v) is 1.31. The van der Waals surface area contributed by atoms with Gasteiger partial charge in [0.1, 0.15) is 11.3 Å². The normalized spacial score (nSPS) is 10.3. The van der Waals surface area contributed by atoms with E-state index in [-0.39, 0.29) is 0 Å². The minimum Gasteiger partial charge on any atom is -0.478 e. The minimum atomic E-state index is -1.76. The van der Waals surface area contributed by atoms with Crippen LogP contribution in [0.3, 0.4) is 0 Å². The highest BCUT2D eigenvalue weighted by atomic mass is 31.0. The van der Waals surface area contributed by atoms with Crippen molar-refractivity contribution in [2.75, 3.05) is 5.73 Å². The summed E-state index contributed by atoms with van der Waals surface area (Å²) in [7, 11) is 1.66. The highest BCUT2D eigenvalue weighted by Crippen LogP contribution is 2.21. The van der Waals surface area contributed by atoms with E-state index >= 15 is 0 Å². The molecule has 0 spiro atoms. The molecule has 1 aromatic carbocycles. The van der Waals surface area contributed by atoms with E-state index in [2.05, 4.69) is 0 Å². The number of nitrogens with two attached hydrogens (primary N) is 1. The van der Waals surface area contributed by atoms with Gasteiger partial charge in [0.15, 0.2) is 17.5 Å². The van der Waals surface area contributed by atoms with E-state index < -0.39 is 40.0 Å². The van der Waals surface area contributed by atoms with Crippen LogP contribution in [0.15, 0.2) is 0 Å². The van der Waals surface area contributed by atoms with E-state index in [1.807, 2.05) is 0 Å². The molecule has 14 heavy (non-hydrogen) atoms. The molecular weight excluding hydrogens is 218 g/mol. The van der Waals surface area contributed by atoms with Crippen molar-refractivity contribution in [3.8, 4) is 0 Å². The predicted octanol–water partition coefficient (Wildman–Crippen LogP) is 0.885. The molecule has 0 saturated carbocycles. The van der Waals surface area contributed by atoms with E-state index in [0.29, 0.717) is 0 Å². The molecule has 3 nitrogen and oxygen atoms in total. The van der Waals surface area contributed by atoms with Crippen LogP contribution in [-0.2, 0) is 0 Å². The molecule has 0 aliphatic rings. The van der Waals surface area contributed by atoms with Crippen LogP contribution in [-0.4, -0.2) is 11.1 Å². The number of nitrogen functional groups attached to an aromatic ring is 1.